The molecule has 0 bridgehead atoms. The summed E-state index contributed by atoms with van der Waals surface area (Å²) >= 11 is 3.40. The third-order valence-corrected chi connectivity index (χ3v) is 3.36. The number of benzene rings is 1. The molecular formula is C11H12BrNO. The van der Waals surface area contributed by atoms with E-state index in [4.69, 9.17) is 0 Å². The van der Waals surface area contributed by atoms with Gasteiger partial charge in [-0.1, -0.05) is 19.1 Å². The minimum absolute atomic E-state index is 0.116. The Balaban J connectivity index is 2.11. The van der Waals surface area contributed by atoms with Gasteiger partial charge in [0.25, 0.3) is 0 Å². The number of hydrogen-bond acceptors (Lipinski definition) is 1. The van der Waals surface area contributed by atoms with Gasteiger partial charge in [-0.15, -0.1) is 0 Å². The molecule has 0 unspecified atom stereocenters. The zero-order valence-corrected chi connectivity index (χ0v) is 9.60. The summed E-state index contributed by atoms with van der Waals surface area (Å²) in [7, 11) is 0. The number of hydrogen-bond donors (Lipinski definition) is 1. The fourth-order valence-electron chi connectivity index (χ4n) is 1.25. The number of amides is 1. The lowest BCUT2D eigenvalue weighted by molar-refractivity contribution is -0.120. The summed E-state index contributed by atoms with van der Waals surface area (Å²) < 4.78 is 0.928. The largest absolute Gasteiger partial charge is 0.325 e. The minimum atomic E-state index is -0.116. The normalized spacial score (nSPS) is 17.6. The molecule has 0 spiro atoms. The topological polar surface area (TPSA) is 29.1 Å². The molecule has 1 amide bonds. The Morgan fingerprint density at radius 2 is 2.07 bits per heavy atom. The molecule has 1 aliphatic carbocycles. The van der Waals surface area contributed by atoms with Crippen LogP contribution in [0.3, 0.4) is 0 Å². The second kappa shape index (κ2) is 3.39. The van der Waals surface area contributed by atoms with Gasteiger partial charge < -0.3 is 5.32 Å². The molecule has 14 heavy (non-hydrogen) atoms. The van der Waals surface area contributed by atoms with E-state index < -0.39 is 0 Å². The number of rotatable bonds is 2. The van der Waals surface area contributed by atoms with E-state index in [9.17, 15) is 4.79 Å². The molecule has 3 heteroatoms. The van der Waals surface area contributed by atoms with Crippen molar-refractivity contribution in [2.75, 3.05) is 5.32 Å². The molecule has 0 radical (unpaired) electrons. The van der Waals surface area contributed by atoms with Crippen molar-refractivity contribution in [1.29, 1.82) is 0 Å². The molecule has 74 valence electrons. The number of nitrogens with one attached hydrogen (secondary N) is 1. The smallest absolute Gasteiger partial charge is 0.230 e. The average molecular weight is 254 g/mol. The molecule has 1 fully saturated rings. The van der Waals surface area contributed by atoms with Crippen molar-refractivity contribution in [1.82, 2.24) is 0 Å². The van der Waals surface area contributed by atoms with Gasteiger partial charge in [0.1, 0.15) is 0 Å². The lowest BCUT2D eigenvalue weighted by atomic mass is 10.1. The summed E-state index contributed by atoms with van der Waals surface area (Å²) in [5.74, 6) is 0.129. The van der Waals surface area contributed by atoms with Crippen molar-refractivity contribution in [2.24, 2.45) is 5.41 Å². The molecule has 2 rings (SSSR count). The predicted octanol–water partition coefficient (Wildman–Crippen LogP) is 3.19. The van der Waals surface area contributed by atoms with Gasteiger partial charge in [-0.05, 0) is 40.9 Å². The second-order valence-corrected chi connectivity index (χ2v) is 4.85. The summed E-state index contributed by atoms with van der Waals surface area (Å²) in [6.07, 6.45) is 2.01. The van der Waals surface area contributed by atoms with Gasteiger partial charge >= 0.3 is 0 Å². The van der Waals surface area contributed by atoms with Crippen LogP contribution in [0.4, 0.5) is 5.69 Å². The van der Waals surface area contributed by atoms with Gasteiger partial charge in [-0.2, -0.15) is 0 Å². The zero-order valence-electron chi connectivity index (χ0n) is 8.01. The summed E-state index contributed by atoms with van der Waals surface area (Å²) in [5.41, 5.74) is 0.737. The molecule has 0 aromatic heterocycles. The van der Waals surface area contributed by atoms with Crippen molar-refractivity contribution in [3.63, 3.8) is 0 Å². The number of para-hydroxylation sites is 1. The summed E-state index contributed by atoms with van der Waals surface area (Å²) in [4.78, 5) is 11.7. The molecule has 1 N–H and O–H groups in total. The Kier molecular flexibility index (Phi) is 2.35. The fourth-order valence-corrected chi connectivity index (χ4v) is 1.63. The minimum Gasteiger partial charge on any atom is -0.325 e. The van der Waals surface area contributed by atoms with E-state index in [0.717, 1.165) is 23.0 Å². The molecule has 1 aliphatic rings. The van der Waals surface area contributed by atoms with Crippen LogP contribution in [-0.2, 0) is 4.79 Å². The van der Waals surface area contributed by atoms with Gasteiger partial charge in [-0.25, -0.2) is 0 Å². The van der Waals surface area contributed by atoms with Crippen LogP contribution in [0.15, 0.2) is 28.7 Å². The maximum Gasteiger partial charge on any atom is 0.230 e. The van der Waals surface area contributed by atoms with Crippen LogP contribution < -0.4 is 5.32 Å². The molecule has 0 aliphatic heterocycles. The third-order valence-electron chi connectivity index (χ3n) is 2.67. The Morgan fingerprint density at radius 1 is 1.43 bits per heavy atom. The molecule has 1 saturated carbocycles. The van der Waals surface area contributed by atoms with Crippen molar-refractivity contribution in [2.45, 2.75) is 19.8 Å². The molecule has 2 nitrogen and oxygen atoms in total. The van der Waals surface area contributed by atoms with Crippen LogP contribution in [0, 0.1) is 5.41 Å². The van der Waals surface area contributed by atoms with Gasteiger partial charge in [0.15, 0.2) is 0 Å². The molecule has 1 aromatic rings. The summed E-state index contributed by atoms with van der Waals surface area (Å²) in [5, 5.41) is 2.93. The van der Waals surface area contributed by atoms with E-state index in [1.807, 2.05) is 31.2 Å². The van der Waals surface area contributed by atoms with E-state index in [2.05, 4.69) is 21.2 Å². The molecule has 0 atom stereocenters. The van der Waals surface area contributed by atoms with Gasteiger partial charge in [0.05, 0.1) is 5.69 Å². The Labute approximate surface area is 91.8 Å². The van der Waals surface area contributed by atoms with Crippen LogP contribution >= 0.6 is 15.9 Å². The van der Waals surface area contributed by atoms with E-state index in [0.29, 0.717) is 0 Å². The first-order chi connectivity index (χ1) is 6.62. The van der Waals surface area contributed by atoms with E-state index in [-0.39, 0.29) is 11.3 Å². The molecule has 1 aromatic carbocycles. The van der Waals surface area contributed by atoms with Crippen LogP contribution in [0.25, 0.3) is 0 Å². The van der Waals surface area contributed by atoms with E-state index in [1.165, 1.54) is 0 Å². The predicted molar refractivity (Wildman–Crippen MR) is 60.1 cm³/mol. The Hall–Kier alpha value is -0.830. The Bertz CT molecular complexity index is 371. The third kappa shape index (κ3) is 1.82. The molecule has 0 heterocycles. The van der Waals surface area contributed by atoms with Crippen molar-refractivity contribution >= 4 is 27.5 Å². The second-order valence-electron chi connectivity index (χ2n) is 3.99. The monoisotopic (exact) mass is 253 g/mol. The molecule has 0 saturated heterocycles. The zero-order chi connectivity index (χ0) is 10.2. The summed E-state index contributed by atoms with van der Waals surface area (Å²) in [6, 6.07) is 7.66. The van der Waals surface area contributed by atoms with Crippen LogP contribution in [0.1, 0.15) is 19.8 Å². The maximum atomic E-state index is 11.7. The first kappa shape index (κ1) is 9.71. The van der Waals surface area contributed by atoms with Gasteiger partial charge in [0.2, 0.25) is 5.91 Å². The van der Waals surface area contributed by atoms with Crippen LogP contribution in [-0.4, -0.2) is 5.91 Å². The highest BCUT2D eigenvalue weighted by molar-refractivity contribution is 9.10. The number of carbonyl (C=O) groups is 1. The van der Waals surface area contributed by atoms with E-state index in [1.54, 1.807) is 0 Å². The van der Waals surface area contributed by atoms with Crippen molar-refractivity contribution in [3.05, 3.63) is 28.7 Å². The number of anilines is 1. The fraction of sp³-hybridized carbons (Fsp3) is 0.364. The maximum absolute atomic E-state index is 11.7. The van der Waals surface area contributed by atoms with Gasteiger partial charge in [-0.3, -0.25) is 4.79 Å². The van der Waals surface area contributed by atoms with Gasteiger partial charge in [0, 0.05) is 9.89 Å². The standard InChI is InChI=1S/C11H12BrNO/c1-11(6-7-11)10(14)13-9-5-3-2-4-8(9)12/h2-5H,6-7H2,1H3,(H,13,14). The average Bonchev–Trinajstić information content (AvgIpc) is 2.89. The highest BCUT2D eigenvalue weighted by Crippen LogP contribution is 2.46. The first-order valence-corrected chi connectivity index (χ1v) is 5.47. The van der Waals surface area contributed by atoms with E-state index >= 15 is 0 Å². The van der Waals surface area contributed by atoms with Crippen LogP contribution in [0.2, 0.25) is 0 Å². The lowest BCUT2D eigenvalue weighted by Crippen LogP contribution is -2.21. The highest BCUT2D eigenvalue weighted by Gasteiger charge is 2.44. The van der Waals surface area contributed by atoms with Crippen molar-refractivity contribution in [3.8, 4) is 0 Å². The Morgan fingerprint density at radius 3 is 2.64 bits per heavy atom. The summed E-state index contributed by atoms with van der Waals surface area (Å²) in [6.45, 7) is 2.00. The van der Waals surface area contributed by atoms with Crippen LogP contribution in [0.5, 0.6) is 0 Å². The number of carbonyl (C=O) groups excluding carboxylic acids is 1. The van der Waals surface area contributed by atoms with Crippen molar-refractivity contribution < 1.29 is 4.79 Å². The lowest BCUT2D eigenvalue weighted by Gasteiger charge is -2.10. The SMILES string of the molecule is CC1(C(=O)Nc2ccccc2Br)CC1. The first-order valence-electron chi connectivity index (χ1n) is 4.68. The highest BCUT2D eigenvalue weighted by atomic mass is 79.9. The quantitative estimate of drug-likeness (QED) is 0.862. The number of halogens is 1. The molecular weight excluding hydrogens is 242 g/mol.